The summed E-state index contributed by atoms with van der Waals surface area (Å²) in [5.74, 6) is 0. The summed E-state index contributed by atoms with van der Waals surface area (Å²) in [4.78, 5) is 0. The fourth-order valence-corrected chi connectivity index (χ4v) is 4.18. The minimum absolute atomic E-state index is 0.459. The van der Waals surface area contributed by atoms with Gasteiger partial charge in [0.1, 0.15) is 0 Å². The van der Waals surface area contributed by atoms with E-state index in [-0.39, 0.29) is 0 Å². The molecule has 4 rings (SSSR count). The lowest BCUT2D eigenvalue weighted by molar-refractivity contribution is -0.0114. The molecule has 2 atom stereocenters. The van der Waals surface area contributed by atoms with Gasteiger partial charge in [-0.2, -0.15) is 5.10 Å². The third kappa shape index (κ3) is 2.27. The molecule has 2 fully saturated rings. The maximum absolute atomic E-state index is 11.2. The summed E-state index contributed by atoms with van der Waals surface area (Å²) < 4.78 is 1.96. The summed E-state index contributed by atoms with van der Waals surface area (Å²) in [7, 11) is 0. The molecule has 0 radical (unpaired) electrons. The maximum Gasteiger partial charge on any atom is 0.0926 e. The zero-order valence-electron chi connectivity index (χ0n) is 13.2. The van der Waals surface area contributed by atoms with Crippen LogP contribution in [0.1, 0.15) is 42.6 Å². The molecule has 4 heteroatoms. The Morgan fingerprint density at radius 3 is 2.55 bits per heavy atom. The zero-order valence-corrected chi connectivity index (χ0v) is 13.2. The van der Waals surface area contributed by atoms with E-state index in [0.717, 1.165) is 35.5 Å². The number of piperidine rings is 1. The number of aromatic nitrogens is 2. The van der Waals surface area contributed by atoms with Crippen molar-refractivity contribution in [3.05, 3.63) is 47.3 Å². The van der Waals surface area contributed by atoms with Gasteiger partial charge in [-0.25, -0.2) is 4.68 Å². The Balaban J connectivity index is 1.71. The van der Waals surface area contributed by atoms with Gasteiger partial charge in [-0.05, 0) is 63.3 Å². The van der Waals surface area contributed by atoms with Gasteiger partial charge in [0.15, 0.2) is 0 Å². The predicted molar refractivity (Wildman–Crippen MR) is 86.1 cm³/mol. The average Bonchev–Trinajstić information content (AvgIpc) is 3.01. The molecule has 0 amide bonds. The standard InChI is InChI=1S/C18H23N3O/c1-12-8-13(2)21(20-12)17-5-3-4-14(9-17)18(22)10-15-6-7-16(11-18)19-15/h3-5,8-9,15-16,19,22H,6-7,10-11H2,1-2H3. The van der Waals surface area contributed by atoms with Crippen molar-refractivity contribution in [2.24, 2.45) is 0 Å². The van der Waals surface area contributed by atoms with Crippen LogP contribution >= 0.6 is 0 Å². The van der Waals surface area contributed by atoms with Crippen LogP contribution in [0.4, 0.5) is 0 Å². The van der Waals surface area contributed by atoms with Gasteiger partial charge in [0.05, 0.1) is 17.0 Å². The maximum atomic E-state index is 11.2. The van der Waals surface area contributed by atoms with Gasteiger partial charge in [0.2, 0.25) is 0 Å². The van der Waals surface area contributed by atoms with Gasteiger partial charge in [0, 0.05) is 17.8 Å². The summed E-state index contributed by atoms with van der Waals surface area (Å²) in [5, 5.41) is 19.4. The van der Waals surface area contributed by atoms with Gasteiger partial charge >= 0.3 is 0 Å². The van der Waals surface area contributed by atoms with Crippen molar-refractivity contribution in [2.45, 2.75) is 57.2 Å². The zero-order chi connectivity index (χ0) is 15.3. The van der Waals surface area contributed by atoms with Crippen LogP contribution in [-0.4, -0.2) is 27.0 Å². The van der Waals surface area contributed by atoms with E-state index in [4.69, 9.17) is 0 Å². The Hall–Kier alpha value is -1.65. The second-order valence-electron chi connectivity index (χ2n) is 6.97. The van der Waals surface area contributed by atoms with Gasteiger partial charge in [0.25, 0.3) is 0 Å². The van der Waals surface area contributed by atoms with Crippen molar-refractivity contribution in [2.75, 3.05) is 0 Å². The molecule has 116 valence electrons. The minimum atomic E-state index is -0.705. The Morgan fingerprint density at radius 1 is 1.18 bits per heavy atom. The summed E-state index contributed by atoms with van der Waals surface area (Å²) >= 11 is 0. The number of benzene rings is 1. The van der Waals surface area contributed by atoms with E-state index >= 15 is 0 Å². The van der Waals surface area contributed by atoms with Crippen LogP contribution < -0.4 is 5.32 Å². The van der Waals surface area contributed by atoms with Crippen LogP contribution in [0, 0.1) is 13.8 Å². The van der Waals surface area contributed by atoms with Crippen LogP contribution in [0.2, 0.25) is 0 Å². The van der Waals surface area contributed by atoms with Crippen molar-refractivity contribution in [3.8, 4) is 5.69 Å². The molecule has 2 N–H and O–H groups in total. The number of aliphatic hydroxyl groups is 1. The molecule has 2 unspecified atom stereocenters. The average molecular weight is 297 g/mol. The van der Waals surface area contributed by atoms with Crippen LogP contribution in [0.15, 0.2) is 30.3 Å². The Morgan fingerprint density at radius 2 is 1.91 bits per heavy atom. The monoisotopic (exact) mass is 297 g/mol. The van der Waals surface area contributed by atoms with Crippen LogP contribution in [0.25, 0.3) is 5.69 Å². The molecule has 2 bridgehead atoms. The van der Waals surface area contributed by atoms with Gasteiger partial charge < -0.3 is 10.4 Å². The molecule has 2 aliphatic rings. The molecule has 2 aliphatic heterocycles. The summed E-state index contributed by atoms with van der Waals surface area (Å²) in [6.07, 6.45) is 3.99. The number of hydrogen-bond donors (Lipinski definition) is 2. The van der Waals surface area contributed by atoms with Crippen molar-refractivity contribution >= 4 is 0 Å². The van der Waals surface area contributed by atoms with E-state index < -0.39 is 5.60 Å². The van der Waals surface area contributed by atoms with E-state index in [1.54, 1.807) is 0 Å². The lowest BCUT2D eigenvalue weighted by Gasteiger charge is -2.37. The van der Waals surface area contributed by atoms with E-state index in [0.29, 0.717) is 12.1 Å². The minimum Gasteiger partial charge on any atom is -0.385 e. The molecule has 4 nitrogen and oxygen atoms in total. The molecular weight excluding hydrogens is 274 g/mol. The Labute approximate surface area is 131 Å². The molecule has 1 aromatic carbocycles. The summed E-state index contributed by atoms with van der Waals surface area (Å²) in [6.45, 7) is 4.07. The highest BCUT2D eigenvalue weighted by Crippen LogP contribution is 2.41. The summed E-state index contributed by atoms with van der Waals surface area (Å²) in [6, 6.07) is 11.2. The first-order valence-electron chi connectivity index (χ1n) is 8.16. The van der Waals surface area contributed by atoms with Gasteiger partial charge in [-0.1, -0.05) is 12.1 Å². The SMILES string of the molecule is Cc1cc(C)n(-c2cccc(C3(O)CC4CCC(C3)N4)c2)n1. The van der Waals surface area contributed by atoms with Crippen molar-refractivity contribution in [1.82, 2.24) is 15.1 Å². The van der Waals surface area contributed by atoms with Gasteiger partial charge in [-0.15, -0.1) is 0 Å². The first-order valence-corrected chi connectivity index (χ1v) is 8.16. The highest BCUT2D eigenvalue weighted by atomic mass is 16.3. The molecule has 2 saturated heterocycles. The molecule has 22 heavy (non-hydrogen) atoms. The largest absolute Gasteiger partial charge is 0.385 e. The first kappa shape index (κ1) is 14.0. The quantitative estimate of drug-likeness (QED) is 0.896. The molecule has 0 aliphatic carbocycles. The third-order valence-electron chi connectivity index (χ3n) is 5.14. The third-order valence-corrected chi connectivity index (χ3v) is 5.14. The number of fused-ring (bicyclic) bond motifs is 2. The summed E-state index contributed by atoms with van der Waals surface area (Å²) in [5.41, 5.74) is 3.48. The topological polar surface area (TPSA) is 50.1 Å². The fourth-order valence-electron chi connectivity index (χ4n) is 4.18. The number of rotatable bonds is 2. The van der Waals surface area contributed by atoms with Crippen molar-refractivity contribution in [3.63, 3.8) is 0 Å². The smallest absolute Gasteiger partial charge is 0.0926 e. The van der Waals surface area contributed by atoms with E-state index in [1.807, 2.05) is 17.7 Å². The highest BCUT2D eigenvalue weighted by molar-refractivity contribution is 5.40. The van der Waals surface area contributed by atoms with Crippen molar-refractivity contribution in [1.29, 1.82) is 0 Å². The molecule has 0 spiro atoms. The Bertz CT molecular complexity index is 694. The number of aryl methyl sites for hydroxylation is 2. The second kappa shape index (κ2) is 4.93. The normalized spacial score (nSPS) is 30.7. The van der Waals surface area contributed by atoms with Crippen LogP contribution in [-0.2, 0) is 5.60 Å². The van der Waals surface area contributed by atoms with Crippen LogP contribution in [0.3, 0.4) is 0 Å². The van der Waals surface area contributed by atoms with Gasteiger partial charge in [-0.3, -0.25) is 0 Å². The number of hydrogen-bond acceptors (Lipinski definition) is 3. The predicted octanol–water partition coefficient (Wildman–Crippen LogP) is 2.59. The first-order chi connectivity index (χ1) is 10.5. The molecule has 1 aromatic heterocycles. The molecule has 3 heterocycles. The second-order valence-corrected chi connectivity index (χ2v) is 6.97. The van der Waals surface area contributed by atoms with Crippen LogP contribution in [0.5, 0.6) is 0 Å². The lowest BCUT2D eigenvalue weighted by Crippen LogP contribution is -2.46. The van der Waals surface area contributed by atoms with Crippen molar-refractivity contribution < 1.29 is 5.11 Å². The lowest BCUT2D eigenvalue weighted by atomic mass is 9.81. The van der Waals surface area contributed by atoms with E-state index in [2.05, 4.69) is 41.6 Å². The van der Waals surface area contributed by atoms with E-state index in [1.165, 1.54) is 12.8 Å². The molecule has 2 aromatic rings. The Kier molecular flexibility index (Phi) is 3.13. The molecular formula is C18H23N3O. The number of nitrogens with one attached hydrogen (secondary N) is 1. The fraction of sp³-hybridized carbons (Fsp3) is 0.500. The number of nitrogens with zero attached hydrogens (tertiary/aromatic N) is 2. The van der Waals surface area contributed by atoms with E-state index in [9.17, 15) is 5.11 Å². The highest BCUT2D eigenvalue weighted by Gasteiger charge is 2.43. The molecule has 0 saturated carbocycles.